The van der Waals surface area contributed by atoms with Crippen LogP contribution < -0.4 is 10.6 Å². The third-order valence-corrected chi connectivity index (χ3v) is 3.67. The number of carbonyl (C=O) groups excluding carboxylic acids is 1. The molecule has 2 aromatic carbocycles. The highest BCUT2D eigenvalue weighted by Gasteiger charge is 2.05. The molecule has 1 aromatic heterocycles. The number of amides is 1. The first-order valence-corrected chi connectivity index (χ1v) is 7.53. The summed E-state index contributed by atoms with van der Waals surface area (Å²) >= 11 is 0. The fourth-order valence-electron chi connectivity index (χ4n) is 2.52. The number of anilines is 1. The molecule has 0 saturated carbocycles. The van der Waals surface area contributed by atoms with Crippen LogP contribution in [0.4, 0.5) is 10.1 Å². The number of aromatic amines is 1. The Bertz CT molecular complexity index is 813. The van der Waals surface area contributed by atoms with Crippen molar-refractivity contribution in [2.45, 2.75) is 6.42 Å². The zero-order chi connectivity index (χ0) is 16.1. The van der Waals surface area contributed by atoms with Crippen molar-refractivity contribution in [1.29, 1.82) is 0 Å². The number of hydrogen-bond donors (Lipinski definition) is 3. The van der Waals surface area contributed by atoms with Crippen LogP contribution in [0.2, 0.25) is 0 Å². The zero-order valence-electron chi connectivity index (χ0n) is 12.6. The van der Waals surface area contributed by atoms with E-state index in [0.29, 0.717) is 12.2 Å². The van der Waals surface area contributed by atoms with Crippen LogP contribution in [0.25, 0.3) is 10.9 Å². The Morgan fingerprint density at radius 1 is 1.13 bits per heavy atom. The van der Waals surface area contributed by atoms with E-state index >= 15 is 0 Å². The Morgan fingerprint density at radius 3 is 2.87 bits per heavy atom. The molecule has 0 aliphatic rings. The average molecular weight is 311 g/mol. The van der Waals surface area contributed by atoms with Crippen molar-refractivity contribution < 1.29 is 9.18 Å². The van der Waals surface area contributed by atoms with Gasteiger partial charge in [0.25, 0.3) is 0 Å². The van der Waals surface area contributed by atoms with Gasteiger partial charge in [-0.25, -0.2) is 4.39 Å². The van der Waals surface area contributed by atoms with E-state index in [1.54, 1.807) is 12.1 Å². The Hall–Kier alpha value is -2.82. The van der Waals surface area contributed by atoms with Crippen molar-refractivity contribution in [2.24, 2.45) is 0 Å². The second kappa shape index (κ2) is 6.96. The molecule has 1 heterocycles. The average Bonchev–Trinajstić information content (AvgIpc) is 2.97. The Labute approximate surface area is 133 Å². The van der Waals surface area contributed by atoms with E-state index in [4.69, 9.17) is 0 Å². The molecule has 0 aliphatic heterocycles. The predicted molar refractivity (Wildman–Crippen MR) is 89.9 cm³/mol. The molecule has 1 amide bonds. The van der Waals surface area contributed by atoms with Crippen LogP contribution in [0, 0.1) is 5.82 Å². The Balaban J connectivity index is 1.46. The van der Waals surface area contributed by atoms with E-state index in [1.807, 2.05) is 24.4 Å². The van der Waals surface area contributed by atoms with Gasteiger partial charge in [-0.1, -0.05) is 24.3 Å². The van der Waals surface area contributed by atoms with Gasteiger partial charge in [0.2, 0.25) is 5.91 Å². The minimum absolute atomic E-state index is 0.117. The van der Waals surface area contributed by atoms with Crippen molar-refractivity contribution in [2.75, 3.05) is 18.4 Å². The highest BCUT2D eigenvalue weighted by Crippen LogP contribution is 2.17. The second-order valence-corrected chi connectivity index (χ2v) is 5.32. The predicted octanol–water partition coefficient (Wildman–Crippen LogP) is 3.08. The van der Waals surface area contributed by atoms with Gasteiger partial charge in [0.1, 0.15) is 5.82 Å². The lowest BCUT2D eigenvalue weighted by atomic mass is 10.1. The lowest BCUT2D eigenvalue weighted by molar-refractivity contribution is -0.119. The number of nitrogens with one attached hydrogen (secondary N) is 3. The molecule has 3 aromatic rings. The van der Waals surface area contributed by atoms with Gasteiger partial charge in [0.05, 0.1) is 6.54 Å². The first kappa shape index (κ1) is 15.1. The van der Waals surface area contributed by atoms with Gasteiger partial charge in [-0.3, -0.25) is 4.79 Å². The van der Waals surface area contributed by atoms with Crippen molar-refractivity contribution in [3.05, 3.63) is 66.1 Å². The van der Waals surface area contributed by atoms with Gasteiger partial charge >= 0.3 is 0 Å². The molecule has 0 atom stereocenters. The molecular weight excluding hydrogens is 293 g/mol. The van der Waals surface area contributed by atoms with Gasteiger partial charge in [-0.05, 0) is 36.2 Å². The smallest absolute Gasteiger partial charge is 0.239 e. The zero-order valence-corrected chi connectivity index (χ0v) is 12.6. The molecule has 0 aliphatic carbocycles. The number of benzene rings is 2. The van der Waals surface area contributed by atoms with Gasteiger partial charge in [0, 0.05) is 29.3 Å². The van der Waals surface area contributed by atoms with Crippen LogP contribution in [0.3, 0.4) is 0 Å². The number of hydrogen-bond acceptors (Lipinski definition) is 2. The SMILES string of the molecule is O=C(CNc1cccc(F)c1)NCCc1c[nH]c2ccccc12. The van der Waals surface area contributed by atoms with Crippen LogP contribution in [-0.2, 0) is 11.2 Å². The second-order valence-electron chi connectivity index (χ2n) is 5.32. The third kappa shape index (κ3) is 3.88. The molecule has 23 heavy (non-hydrogen) atoms. The van der Waals surface area contributed by atoms with Gasteiger partial charge in [-0.2, -0.15) is 0 Å². The number of rotatable bonds is 6. The molecule has 0 unspecified atom stereocenters. The third-order valence-electron chi connectivity index (χ3n) is 3.67. The molecule has 0 bridgehead atoms. The van der Waals surface area contributed by atoms with Crippen molar-refractivity contribution >= 4 is 22.5 Å². The summed E-state index contributed by atoms with van der Waals surface area (Å²) in [5, 5.41) is 6.94. The van der Waals surface area contributed by atoms with Crippen molar-refractivity contribution in [3.8, 4) is 0 Å². The number of H-pyrrole nitrogens is 1. The summed E-state index contributed by atoms with van der Waals surface area (Å²) in [5.41, 5.74) is 2.87. The molecule has 5 heteroatoms. The minimum Gasteiger partial charge on any atom is -0.376 e. The molecule has 4 nitrogen and oxygen atoms in total. The molecule has 0 spiro atoms. The van der Waals surface area contributed by atoms with Gasteiger partial charge < -0.3 is 15.6 Å². The summed E-state index contributed by atoms with van der Waals surface area (Å²) in [7, 11) is 0. The molecule has 0 saturated heterocycles. The van der Waals surface area contributed by atoms with Crippen LogP contribution >= 0.6 is 0 Å². The topological polar surface area (TPSA) is 56.9 Å². The summed E-state index contributed by atoms with van der Waals surface area (Å²) in [6.45, 7) is 0.683. The summed E-state index contributed by atoms with van der Waals surface area (Å²) in [6.07, 6.45) is 2.73. The van der Waals surface area contributed by atoms with Crippen molar-refractivity contribution in [1.82, 2.24) is 10.3 Å². The highest BCUT2D eigenvalue weighted by molar-refractivity contribution is 5.83. The van der Waals surface area contributed by atoms with E-state index in [1.165, 1.54) is 23.1 Å². The lowest BCUT2D eigenvalue weighted by Crippen LogP contribution is -2.31. The molecule has 0 radical (unpaired) electrons. The molecular formula is C18H18FN3O. The van der Waals surface area contributed by atoms with Crippen LogP contribution in [0.15, 0.2) is 54.7 Å². The highest BCUT2D eigenvalue weighted by atomic mass is 19.1. The number of carbonyl (C=O) groups is 1. The number of fused-ring (bicyclic) bond motifs is 1. The molecule has 0 fully saturated rings. The van der Waals surface area contributed by atoms with E-state index in [0.717, 1.165) is 11.9 Å². The van der Waals surface area contributed by atoms with Gasteiger partial charge in [0.15, 0.2) is 0 Å². The van der Waals surface area contributed by atoms with Crippen molar-refractivity contribution in [3.63, 3.8) is 0 Å². The van der Waals surface area contributed by atoms with E-state index < -0.39 is 0 Å². The standard InChI is InChI=1S/C18H18FN3O/c19-14-4-3-5-15(10-14)21-12-18(23)20-9-8-13-11-22-17-7-2-1-6-16(13)17/h1-7,10-11,21-22H,8-9,12H2,(H,20,23). The quantitative estimate of drug-likeness (QED) is 0.655. The Kier molecular flexibility index (Phi) is 4.57. The van der Waals surface area contributed by atoms with Crippen LogP contribution in [0.5, 0.6) is 0 Å². The maximum Gasteiger partial charge on any atom is 0.239 e. The maximum absolute atomic E-state index is 13.0. The monoisotopic (exact) mass is 311 g/mol. The lowest BCUT2D eigenvalue weighted by Gasteiger charge is -2.07. The summed E-state index contributed by atoms with van der Waals surface area (Å²) in [4.78, 5) is 15.0. The van der Waals surface area contributed by atoms with Gasteiger partial charge in [-0.15, -0.1) is 0 Å². The first-order valence-electron chi connectivity index (χ1n) is 7.53. The molecule has 118 valence electrons. The van der Waals surface area contributed by atoms with E-state index in [-0.39, 0.29) is 18.3 Å². The van der Waals surface area contributed by atoms with E-state index in [2.05, 4.69) is 21.7 Å². The number of para-hydroxylation sites is 1. The molecule has 3 N–H and O–H groups in total. The number of halogens is 1. The summed E-state index contributed by atoms with van der Waals surface area (Å²) in [6, 6.07) is 14.1. The normalized spacial score (nSPS) is 10.7. The number of aromatic nitrogens is 1. The van der Waals surface area contributed by atoms with Crippen LogP contribution in [0.1, 0.15) is 5.56 Å². The first-order chi connectivity index (χ1) is 11.2. The van der Waals surface area contributed by atoms with E-state index in [9.17, 15) is 9.18 Å². The summed E-state index contributed by atoms with van der Waals surface area (Å²) in [5.74, 6) is -0.441. The summed E-state index contributed by atoms with van der Waals surface area (Å²) < 4.78 is 13.0. The largest absolute Gasteiger partial charge is 0.376 e. The fourth-order valence-corrected chi connectivity index (χ4v) is 2.52. The Morgan fingerprint density at radius 2 is 2.00 bits per heavy atom. The van der Waals surface area contributed by atoms with Crippen LogP contribution in [-0.4, -0.2) is 24.0 Å². The fraction of sp³-hybridized carbons (Fsp3) is 0.167. The minimum atomic E-state index is -0.324. The maximum atomic E-state index is 13.0. The molecule has 3 rings (SSSR count).